The minimum atomic E-state index is -1.14. The Labute approximate surface area is 139 Å². The van der Waals surface area contributed by atoms with Gasteiger partial charge in [0.15, 0.2) is 6.61 Å². The quantitative estimate of drug-likeness (QED) is 0.824. The molecule has 0 saturated carbocycles. The fourth-order valence-electron chi connectivity index (χ4n) is 1.93. The molecule has 2 aromatic rings. The predicted molar refractivity (Wildman–Crippen MR) is 86.2 cm³/mol. The molecule has 1 amide bonds. The summed E-state index contributed by atoms with van der Waals surface area (Å²) < 4.78 is 10.4. The SMILES string of the molecule is Cc1cc(OCC(=O)OC(C(N)=O)c2ccccc2)ccc1Cl. The van der Waals surface area contributed by atoms with Crippen molar-refractivity contribution >= 4 is 23.5 Å². The van der Waals surface area contributed by atoms with Gasteiger partial charge in [-0.25, -0.2) is 4.79 Å². The van der Waals surface area contributed by atoms with E-state index in [1.807, 2.05) is 6.92 Å². The zero-order chi connectivity index (χ0) is 16.8. The largest absolute Gasteiger partial charge is 0.482 e. The van der Waals surface area contributed by atoms with Gasteiger partial charge in [-0.05, 0) is 30.7 Å². The monoisotopic (exact) mass is 333 g/mol. The maximum atomic E-state index is 11.9. The van der Waals surface area contributed by atoms with Crippen LogP contribution in [0.2, 0.25) is 5.02 Å². The number of aryl methyl sites for hydroxylation is 1. The Morgan fingerprint density at radius 2 is 1.87 bits per heavy atom. The number of halogens is 1. The number of hydrogen-bond donors (Lipinski definition) is 1. The number of benzene rings is 2. The summed E-state index contributed by atoms with van der Waals surface area (Å²) in [5.74, 6) is -0.948. The molecule has 1 unspecified atom stereocenters. The fourth-order valence-corrected chi connectivity index (χ4v) is 2.05. The lowest BCUT2D eigenvalue weighted by molar-refractivity contribution is -0.157. The lowest BCUT2D eigenvalue weighted by Gasteiger charge is -2.15. The average molecular weight is 334 g/mol. The molecular formula is C17H16ClNO4. The number of esters is 1. The van der Waals surface area contributed by atoms with Crippen LogP contribution in [0, 0.1) is 6.92 Å². The highest BCUT2D eigenvalue weighted by molar-refractivity contribution is 6.31. The molecular weight excluding hydrogens is 318 g/mol. The number of hydrogen-bond acceptors (Lipinski definition) is 4. The van der Waals surface area contributed by atoms with Gasteiger partial charge in [0.05, 0.1) is 0 Å². The van der Waals surface area contributed by atoms with E-state index in [4.69, 9.17) is 26.8 Å². The van der Waals surface area contributed by atoms with Crippen molar-refractivity contribution in [3.63, 3.8) is 0 Å². The maximum absolute atomic E-state index is 11.9. The highest BCUT2D eigenvalue weighted by atomic mass is 35.5. The molecule has 1 atom stereocenters. The van der Waals surface area contributed by atoms with Gasteiger partial charge in [-0.3, -0.25) is 4.79 Å². The molecule has 2 N–H and O–H groups in total. The van der Waals surface area contributed by atoms with Gasteiger partial charge in [-0.2, -0.15) is 0 Å². The Hall–Kier alpha value is -2.53. The Balaban J connectivity index is 1.97. The second-order valence-electron chi connectivity index (χ2n) is 4.88. The Morgan fingerprint density at radius 3 is 2.48 bits per heavy atom. The van der Waals surface area contributed by atoms with E-state index >= 15 is 0 Å². The predicted octanol–water partition coefficient (Wildman–Crippen LogP) is 2.80. The third kappa shape index (κ3) is 4.72. The standard InChI is InChI=1S/C17H16ClNO4/c1-11-9-13(7-8-14(11)18)22-10-15(20)23-16(17(19)21)12-5-3-2-4-6-12/h2-9,16H,10H2,1H3,(H2,19,21). The zero-order valence-electron chi connectivity index (χ0n) is 12.5. The third-order valence-electron chi connectivity index (χ3n) is 3.10. The number of nitrogens with two attached hydrogens (primary N) is 1. The first-order valence-corrected chi connectivity index (χ1v) is 7.28. The first-order valence-electron chi connectivity index (χ1n) is 6.90. The molecule has 0 aliphatic carbocycles. The van der Waals surface area contributed by atoms with Crippen molar-refractivity contribution in [2.45, 2.75) is 13.0 Å². The van der Waals surface area contributed by atoms with E-state index in [0.717, 1.165) is 5.56 Å². The Bertz CT molecular complexity index is 703. The molecule has 5 nitrogen and oxygen atoms in total. The van der Waals surface area contributed by atoms with Crippen molar-refractivity contribution in [3.05, 3.63) is 64.7 Å². The molecule has 0 aliphatic rings. The summed E-state index contributed by atoms with van der Waals surface area (Å²) in [6, 6.07) is 13.6. The van der Waals surface area contributed by atoms with Crippen molar-refractivity contribution in [1.29, 1.82) is 0 Å². The van der Waals surface area contributed by atoms with Gasteiger partial charge in [0.2, 0.25) is 6.10 Å². The van der Waals surface area contributed by atoms with Crippen LogP contribution in [-0.2, 0) is 14.3 Å². The summed E-state index contributed by atoms with van der Waals surface area (Å²) in [4.78, 5) is 23.4. The molecule has 2 rings (SSSR count). The second-order valence-corrected chi connectivity index (χ2v) is 5.29. The molecule has 0 spiro atoms. The summed E-state index contributed by atoms with van der Waals surface area (Å²) in [5, 5.41) is 0.609. The van der Waals surface area contributed by atoms with E-state index < -0.39 is 18.0 Å². The molecule has 120 valence electrons. The number of rotatable bonds is 6. The van der Waals surface area contributed by atoms with Crippen molar-refractivity contribution in [1.82, 2.24) is 0 Å². The molecule has 0 heterocycles. The van der Waals surface area contributed by atoms with Gasteiger partial charge >= 0.3 is 5.97 Å². The van der Waals surface area contributed by atoms with Crippen molar-refractivity contribution < 1.29 is 19.1 Å². The minimum absolute atomic E-state index is 0.336. The Morgan fingerprint density at radius 1 is 1.17 bits per heavy atom. The van der Waals surface area contributed by atoms with Gasteiger partial charge in [0.1, 0.15) is 5.75 Å². The number of carbonyl (C=O) groups excluding carboxylic acids is 2. The summed E-state index contributed by atoms with van der Waals surface area (Å²) in [7, 11) is 0. The van der Waals surface area contributed by atoms with Crippen molar-refractivity contribution in [3.8, 4) is 5.75 Å². The normalized spacial score (nSPS) is 11.6. The first-order chi connectivity index (χ1) is 11.0. The van der Waals surface area contributed by atoms with Gasteiger partial charge in [0, 0.05) is 10.6 Å². The fraction of sp³-hybridized carbons (Fsp3) is 0.176. The van der Waals surface area contributed by atoms with Gasteiger partial charge < -0.3 is 15.2 Å². The lowest BCUT2D eigenvalue weighted by Crippen LogP contribution is -2.28. The molecule has 0 aromatic heterocycles. The maximum Gasteiger partial charge on any atom is 0.345 e. The number of carbonyl (C=O) groups is 2. The van der Waals surface area contributed by atoms with E-state index in [2.05, 4.69) is 0 Å². The van der Waals surface area contributed by atoms with Crippen LogP contribution in [0.25, 0.3) is 0 Å². The number of ether oxygens (including phenoxy) is 2. The van der Waals surface area contributed by atoms with E-state index in [0.29, 0.717) is 16.3 Å². The number of primary amides is 1. The highest BCUT2D eigenvalue weighted by Crippen LogP contribution is 2.21. The van der Waals surface area contributed by atoms with E-state index in [1.54, 1.807) is 48.5 Å². The molecule has 0 radical (unpaired) electrons. The van der Waals surface area contributed by atoms with Crippen LogP contribution in [0.15, 0.2) is 48.5 Å². The summed E-state index contributed by atoms with van der Waals surface area (Å²) in [6.07, 6.45) is -1.14. The molecule has 0 saturated heterocycles. The molecule has 23 heavy (non-hydrogen) atoms. The summed E-state index contributed by atoms with van der Waals surface area (Å²) in [6.45, 7) is 1.49. The molecule has 0 bridgehead atoms. The molecule has 0 aliphatic heterocycles. The highest BCUT2D eigenvalue weighted by Gasteiger charge is 2.22. The van der Waals surface area contributed by atoms with Crippen LogP contribution in [-0.4, -0.2) is 18.5 Å². The van der Waals surface area contributed by atoms with Crippen LogP contribution in [0.3, 0.4) is 0 Å². The van der Waals surface area contributed by atoms with E-state index in [1.165, 1.54) is 0 Å². The third-order valence-corrected chi connectivity index (χ3v) is 3.52. The van der Waals surface area contributed by atoms with Crippen LogP contribution in [0.4, 0.5) is 0 Å². The summed E-state index contributed by atoms with van der Waals surface area (Å²) >= 11 is 5.92. The zero-order valence-corrected chi connectivity index (χ0v) is 13.2. The molecule has 6 heteroatoms. The van der Waals surface area contributed by atoms with Crippen LogP contribution in [0.1, 0.15) is 17.2 Å². The average Bonchev–Trinajstić information content (AvgIpc) is 2.54. The van der Waals surface area contributed by atoms with Gasteiger partial charge in [-0.15, -0.1) is 0 Å². The first kappa shape index (κ1) is 16.8. The van der Waals surface area contributed by atoms with Crippen LogP contribution < -0.4 is 10.5 Å². The smallest absolute Gasteiger partial charge is 0.345 e. The van der Waals surface area contributed by atoms with Gasteiger partial charge in [0.25, 0.3) is 5.91 Å². The minimum Gasteiger partial charge on any atom is -0.482 e. The lowest BCUT2D eigenvalue weighted by atomic mass is 10.1. The van der Waals surface area contributed by atoms with Crippen molar-refractivity contribution in [2.75, 3.05) is 6.61 Å². The molecule has 2 aromatic carbocycles. The Kier molecular flexibility index (Phi) is 5.60. The topological polar surface area (TPSA) is 78.6 Å². The molecule has 0 fully saturated rings. The van der Waals surface area contributed by atoms with E-state index in [-0.39, 0.29) is 6.61 Å². The van der Waals surface area contributed by atoms with Crippen molar-refractivity contribution in [2.24, 2.45) is 5.73 Å². The second kappa shape index (κ2) is 7.65. The number of amides is 1. The van der Waals surface area contributed by atoms with Crippen LogP contribution in [0.5, 0.6) is 5.75 Å². The van der Waals surface area contributed by atoms with E-state index in [9.17, 15) is 9.59 Å². The van der Waals surface area contributed by atoms with Gasteiger partial charge in [-0.1, -0.05) is 41.9 Å². The summed E-state index contributed by atoms with van der Waals surface area (Å²) in [5.41, 5.74) is 6.63. The van der Waals surface area contributed by atoms with Crippen LogP contribution >= 0.6 is 11.6 Å².